The summed E-state index contributed by atoms with van der Waals surface area (Å²) in [7, 11) is 1.64. The van der Waals surface area contributed by atoms with Crippen LogP contribution in [0, 0.1) is 0 Å². The van der Waals surface area contributed by atoms with Gasteiger partial charge in [0.05, 0.1) is 19.2 Å². The van der Waals surface area contributed by atoms with Crippen LogP contribution in [-0.4, -0.2) is 16.8 Å². The predicted molar refractivity (Wildman–Crippen MR) is 114 cm³/mol. The quantitative estimate of drug-likeness (QED) is 0.430. The standard InChI is InChI=1S/C24H25NO3/c1-4-22(28-17-19-8-6-5-7-9-19)11-10-18(2)25-21(16-26)14-20-15-23(27-3)12-13-24(20)25/h4-15,26H,2,16-17H2,1,3H3/b11-10-,22-4+. The van der Waals surface area contributed by atoms with E-state index in [9.17, 15) is 5.11 Å². The maximum atomic E-state index is 9.78. The number of fused-ring (bicyclic) bond motifs is 1. The molecule has 4 heteroatoms. The molecule has 0 amide bonds. The number of aliphatic hydroxyl groups is 1. The molecule has 28 heavy (non-hydrogen) atoms. The van der Waals surface area contributed by atoms with E-state index in [0.29, 0.717) is 6.61 Å². The van der Waals surface area contributed by atoms with Gasteiger partial charge in [-0.2, -0.15) is 0 Å². The fourth-order valence-corrected chi connectivity index (χ4v) is 3.05. The molecule has 1 heterocycles. The molecule has 0 aliphatic carbocycles. The molecule has 3 aromatic rings. The Morgan fingerprint density at radius 1 is 1.11 bits per heavy atom. The number of aliphatic hydroxyl groups excluding tert-OH is 1. The van der Waals surface area contributed by atoms with Crippen LogP contribution in [-0.2, 0) is 18.0 Å². The van der Waals surface area contributed by atoms with Crippen LogP contribution in [0.5, 0.6) is 5.75 Å². The highest BCUT2D eigenvalue weighted by atomic mass is 16.5. The van der Waals surface area contributed by atoms with E-state index in [1.807, 2.05) is 84.3 Å². The van der Waals surface area contributed by atoms with Crippen molar-refractivity contribution in [1.82, 2.24) is 4.57 Å². The summed E-state index contributed by atoms with van der Waals surface area (Å²) in [6.07, 6.45) is 5.70. The maximum Gasteiger partial charge on any atom is 0.119 e. The summed E-state index contributed by atoms with van der Waals surface area (Å²) in [6.45, 7) is 6.54. The Kier molecular flexibility index (Phi) is 6.35. The molecular weight excluding hydrogens is 350 g/mol. The Labute approximate surface area is 165 Å². The summed E-state index contributed by atoms with van der Waals surface area (Å²) < 4.78 is 13.1. The maximum absolute atomic E-state index is 9.78. The molecule has 0 spiro atoms. The van der Waals surface area contributed by atoms with Gasteiger partial charge in [-0.1, -0.05) is 36.9 Å². The summed E-state index contributed by atoms with van der Waals surface area (Å²) in [5, 5.41) is 10.8. The Bertz CT molecular complexity index is 1010. The van der Waals surface area contributed by atoms with E-state index < -0.39 is 0 Å². The van der Waals surface area contributed by atoms with Crippen LogP contribution in [0.25, 0.3) is 16.6 Å². The first-order valence-corrected chi connectivity index (χ1v) is 9.16. The monoisotopic (exact) mass is 375 g/mol. The molecule has 1 aromatic heterocycles. The number of methoxy groups -OCH3 is 1. The van der Waals surface area contributed by atoms with Gasteiger partial charge in [0.2, 0.25) is 0 Å². The van der Waals surface area contributed by atoms with Crippen LogP contribution in [0.15, 0.2) is 85.2 Å². The van der Waals surface area contributed by atoms with E-state index in [1.165, 1.54) is 0 Å². The average Bonchev–Trinajstić information content (AvgIpc) is 3.12. The fraction of sp³-hybridized carbons (Fsp3) is 0.167. The van der Waals surface area contributed by atoms with Crippen molar-refractivity contribution >= 4 is 16.6 Å². The van der Waals surface area contributed by atoms with E-state index in [4.69, 9.17) is 9.47 Å². The molecule has 0 fully saturated rings. The number of ether oxygens (including phenoxy) is 2. The third-order valence-electron chi connectivity index (χ3n) is 4.51. The normalized spacial score (nSPS) is 11.9. The third kappa shape index (κ3) is 4.35. The predicted octanol–water partition coefficient (Wildman–Crippen LogP) is 5.29. The zero-order chi connectivity index (χ0) is 19.9. The molecule has 0 saturated heterocycles. The smallest absolute Gasteiger partial charge is 0.119 e. The fourth-order valence-electron chi connectivity index (χ4n) is 3.05. The molecule has 3 rings (SSSR count). The van der Waals surface area contributed by atoms with Gasteiger partial charge in [0.25, 0.3) is 0 Å². The van der Waals surface area contributed by atoms with Gasteiger partial charge in [0, 0.05) is 16.8 Å². The number of aromatic nitrogens is 1. The first kappa shape index (κ1) is 19.5. The van der Waals surface area contributed by atoms with Crippen molar-refractivity contribution < 1.29 is 14.6 Å². The van der Waals surface area contributed by atoms with Gasteiger partial charge in [-0.3, -0.25) is 0 Å². The van der Waals surface area contributed by atoms with Gasteiger partial charge < -0.3 is 19.1 Å². The summed E-state index contributed by atoms with van der Waals surface area (Å²) in [4.78, 5) is 0. The van der Waals surface area contributed by atoms with Crippen molar-refractivity contribution in [2.24, 2.45) is 0 Å². The average molecular weight is 375 g/mol. The van der Waals surface area contributed by atoms with E-state index in [1.54, 1.807) is 7.11 Å². The van der Waals surface area contributed by atoms with Crippen LogP contribution in [0.3, 0.4) is 0 Å². The number of hydrogen-bond acceptors (Lipinski definition) is 3. The van der Waals surface area contributed by atoms with Crippen molar-refractivity contribution in [2.45, 2.75) is 20.1 Å². The number of allylic oxidation sites excluding steroid dienone is 4. The van der Waals surface area contributed by atoms with Crippen LogP contribution in [0.4, 0.5) is 0 Å². The van der Waals surface area contributed by atoms with Gasteiger partial charge in [-0.05, 0) is 55.0 Å². The summed E-state index contributed by atoms with van der Waals surface area (Å²) >= 11 is 0. The molecule has 0 atom stereocenters. The van der Waals surface area contributed by atoms with E-state index in [-0.39, 0.29) is 6.61 Å². The van der Waals surface area contributed by atoms with Gasteiger partial charge in [0.1, 0.15) is 18.1 Å². The molecule has 0 unspecified atom stereocenters. The lowest BCUT2D eigenvalue weighted by Crippen LogP contribution is -2.00. The SMILES string of the molecule is C=C(/C=C\C(=C/C)OCc1ccccc1)n1c(CO)cc2cc(OC)ccc21. The second-order valence-corrected chi connectivity index (χ2v) is 6.34. The van der Waals surface area contributed by atoms with Gasteiger partial charge in [0.15, 0.2) is 0 Å². The second kappa shape index (κ2) is 9.11. The van der Waals surface area contributed by atoms with E-state index in [2.05, 4.69) is 6.58 Å². The largest absolute Gasteiger partial charge is 0.497 e. The molecule has 0 aliphatic rings. The Morgan fingerprint density at radius 2 is 1.89 bits per heavy atom. The highest BCUT2D eigenvalue weighted by molar-refractivity contribution is 5.87. The number of benzene rings is 2. The van der Waals surface area contributed by atoms with Crippen LogP contribution in [0.1, 0.15) is 18.2 Å². The van der Waals surface area contributed by atoms with Crippen molar-refractivity contribution in [3.8, 4) is 5.75 Å². The van der Waals surface area contributed by atoms with Gasteiger partial charge in [-0.25, -0.2) is 0 Å². The Hall–Kier alpha value is -3.24. The van der Waals surface area contributed by atoms with E-state index in [0.717, 1.165) is 39.4 Å². The zero-order valence-corrected chi connectivity index (χ0v) is 16.3. The summed E-state index contributed by atoms with van der Waals surface area (Å²) in [5.41, 5.74) is 3.59. The van der Waals surface area contributed by atoms with Crippen LogP contribution >= 0.6 is 0 Å². The first-order valence-electron chi connectivity index (χ1n) is 9.16. The highest BCUT2D eigenvalue weighted by Gasteiger charge is 2.10. The second-order valence-electron chi connectivity index (χ2n) is 6.34. The molecule has 0 radical (unpaired) electrons. The molecule has 1 N–H and O–H groups in total. The summed E-state index contributed by atoms with van der Waals surface area (Å²) in [6, 6.07) is 17.8. The van der Waals surface area contributed by atoms with Crippen molar-refractivity contribution in [2.75, 3.05) is 7.11 Å². The van der Waals surface area contributed by atoms with E-state index >= 15 is 0 Å². The minimum atomic E-state index is -0.0785. The Balaban J connectivity index is 1.79. The van der Waals surface area contributed by atoms with Gasteiger partial charge in [-0.15, -0.1) is 0 Å². The Morgan fingerprint density at radius 3 is 2.57 bits per heavy atom. The molecule has 144 valence electrons. The van der Waals surface area contributed by atoms with Crippen molar-refractivity contribution in [1.29, 1.82) is 0 Å². The topological polar surface area (TPSA) is 43.6 Å². The van der Waals surface area contributed by atoms with Crippen LogP contribution in [0.2, 0.25) is 0 Å². The lowest BCUT2D eigenvalue weighted by atomic mass is 10.2. The van der Waals surface area contributed by atoms with Gasteiger partial charge >= 0.3 is 0 Å². The minimum absolute atomic E-state index is 0.0785. The molecule has 2 aromatic carbocycles. The zero-order valence-electron chi connectivity index (χ0n) is 16.3. The third-order valence-corrected chi connectivity index (χ3v) is 4.51. The minimum Gasteiger partial charge on any atom is -0.497 e. The highest BCUT2D eigenvalue weighted by Crippen LogP contribution is 2.27. The molecule has 0 saturated carbocycles. The number of nitrogens with zero attached hydrogens (tertiary/aromatic N) is 1. The molecule has 0 aliphatic heterocycles. The van der Waals surface area contributed by atoms with Crippen molar-refractivity contribution in [3.05, 3.63) is 96.4 Å². The molecule has 0 bridgehead atoms. The van der Waals surface area contributed by atoms with Crippen LogP contribution < -0.4 is 4.74 Å². The molecular formula is C24H25NO3. The molecule has 4 nitrogen and oxygen atoms in total. The lowest BCUT2D eigenvalue weighted by molar-refractivity contribution is 0.210. The summed E-state index contributed by atoms with van der Waals surface area (Å²) in [5.74, 6) is 1.54. The first-order chi connectivity index (χ1) is 13.7. The number of rotatable bonds is 8. The lowest BCUT2D eigenvalue weighted by Gasteiger charge is -2.11. The number of hydrogen-bond donors (Lipinski definition) is 1. The van der Waals surface area contributed by atoms with Crippen molar-refractivity contribution in [3.63, 3.8) is 0 Å².